The summed E-state index contributed by atoms with van der Waals surface area (Å²) in [6, 6.07) is 5.83. The van der Waals surface area contributed by atoms with E-state index in [1.54, 1.807) is 0 Å². The van der Waals surface area contributed by atoms with Crippen molar-refractivity contribution in [2.24, 2.45) is 5.73 Å². The Morgan fingerprint density at radius 1 is 1.11 bits per heavy atom. The number of carboxylic acids is 1. The first-order valence-corrected chi connectivity index (χ1v) is 8.79. The third-order valence-corrected chi connectivity index (χ3v) is 5.39. The molecule has 8 N–H and O–H groups in total. The Morgan fingerprint density at radius 2 is 1.79 bits per heavy atom. The van der Waals surface area contributed by atoms with Crippen molar-refractivity contribution in [2.45, 2.75) is 23.7 Å². The van der Waals surface area contributed by atoms with E-state index >= 15 is 0 Å². The van der Waals surface area contributed by atoms with Gasteiger partial charge in [0.1, 0.15) is 28.9 Å². The smallest absolute Gasteiger partial charge is 0.325 e. The monoisotopic (exact) mass is 409 g/mol. The van der Waals surface area contributed by atoms with E-state index in [1.165, 1.54) is 12.1 Å². The van der Waals surface area contributed by atoms with Crippen LogP contribution in [0.1, 0.15) is 23.1 Å². The van der Waals surface area contributed by atoms with E-state index in [0.717, 1.165) is 18.2 Å². The van der Waals surface area contributed by atoms with Crippen LogP contribution in [-0.2, 0) is 4.79 Å². The molecule has 3 unspecified atom stereocenters. The fraction of sp³-hybridized carbons (Fsp3) is 0.278. The van der Waals surface area contributed by atoms with E-state index in [-0.39, 0.29) is 28.4 Å². The first-order chi connectivity index (χ1) is 13.1. The molecule has 0 saturated carbocycles. The number of benzene rings is 2. The molecule has 1 aliphatic rings. The minimum Gasteiger partial charge on any atom is -0.508 e. The van der Waals surface area contributed by atoms with Gasteiger partial charge in [0.15, 0.2) is 17.6 Å². The van der Waals surface area contributed by atoms with Gasteiger partial charge in [-0.15, -0.1) is 0 Å². The highest BCUT2D eigenvalue weighted by Crippen LogP contribution is 2.51. The zero-order valence-corrected chi connectivity index (χ0v) is 15.2. The Hall–Kier alpha value is -2.82. The number of phenols is 4. The summed E-state index contributed by atoms with van der Waals surface area (Å²) in [5, 5.41) is 60.0. The molecule has 0 amide bonds. The highest BCUT2D eigenvalue weighted by atomic mass is 32.1. The van der Waals surface area contributed by atoms with Crippen LogP contribution in [-0.4, -0.2) is 54.0 Å². The van der Waals surface area contributed by atoms with Crippen molar-refractivity contribution in [3.8, 4) is 28.7 Å². The number of phenolic OH excluding ortho intramolecular Hbond substituents is 4. The molecule has 0 bridgehead atoms. The number of aliphatic hydroxyl groups excluding tert-OH is 1. The number of hydrogen-bond acceptors (Lipinski definition) is 9. The standard InChI is InChI=1S/C18H19NO8S/c19-18(6-28,17(25)26)14-13-11(23)4-8(20)5-12(13)27-16(15(14)24)7-1-2-9(21)10(22)3-7/h1-5,14-16,20-24,28H,6,19H2,(H,25,26)/t14?,15-,16?,18?/m1/s1. The van der Waals surface area contributed by atoms with Crippen LogP contribution in [0.25, 0.3) is 0 Å². The molecule has 0 saturated heterocycles. The van der Waals surface area contributed by atoms with Crippen molar-refractivity contribution in [3.05, 3.63) is 41.5 Å². The van der Waals surface area contributed by atoms with Gasteiger partial charge in [-0.1, -0.05) is 6.07 Å². The first-order valence-electron chi connectivity index (χ1n) is 8.15. The molecule has 10 heteroatoms. The highest BCUT2D eigenvalue weighted by Gasteiger charge is 2.53. The molecule has 0 spiro atoms. The van der Waals surface area contributed by atoms with Crippen molar-refractivity contribution in [1.29, 1.82) is 0 Å². The van der Waals surface area contributed by atoms with Crippen LogP contribution in [0.15, 0.2) is 30.3 Å². The third-order valence-electron chi connectivity index (χ3n) is 4.86. The topological polar surface area (TPSA) is 174 Å². The molecule has 2 aromatic carbocycles. The van der Waals surface area contributed by atoms with E-state index in [9.17, 15) is 35.4 Å². The van der Waals surface area contributed by atoms with E-state index in [0.29, 0.717) is 0 Å². The summed E-state index contributed by atoms with van der Waals surface area (Å²) < 4.78 is 5.70. The van der Waals surface area contributed by atoms with E-state index < -0.39 is 46.9 Å². The lowest BCUT2D eigenvalue weighted by Gasteiger charge is -2.43. The van der Waals surface area contributed by atoms with Gasteiger partial charge in [-0.3, -0.25) is 4.79 Å². The summed E-state index contributed by atoms with van der Waals surface area (Å²) in [5.41, 5.74) is 4.11. The fourth-order valence-electron chi connectivity index (χ4n) is 3.40. The zero-order valence-electron chi connectivity index (χ0n) is 14.4. The molecule has 1 aliphatic heterocycles. The maximum absolute atomic E-state index is 11.9. The summed E-state index contributed by atoms with van der Waals surface area (Å²) >= 11 is 4.02. The number of carboxylic acid groups (broad SMARTS) is 1. The summed E-state index contributed by atoms with van der Waals surface area (Å²) in [6.45, 7) is 0. The van der Waals surface area contributed by atoms with Crippen molar-refractivity contribution >= 4 is 18.6 Å². The number of carbonyl (C=O) groups is 1. The predicted molar refractivity (Wildman–Crippen MR) is 100 cm³/mol. The van der Waals surface area contributed by atoms with E-state index in [1.807, 2.05) is 0 Å². The predicted octanol–water partition coefficient (Wildman–Crippen LogP) is 0.799. The van der Waals surface area contributed by atoms with Gasteiger partial charge in [-0.25, -0.2) is 0 Å². The van der Waals surface area contributed by atoms with Gasteiger partial charge in [0, 0.05) is 23.4 Å². The maximum Gasteiger partial charge on any atom is 0.325 e. The van der Waals surface area contributed by atoms with E-state index in [4.69, 9.17) is 10.5 Å². The second kappa shape index (κ2) is 6.97. The SMILES string of the molecule is NC(CS)(C(=O)O)C1c2c(O)cc(O)cc2OC(c2ccc(O)c(O)c2)[C@@H]1O. The fourth-order valence-corrected chi connectivity index (χ4v) is 3.74. The maximum atomic E-state index is 11.9. The number of ether oxygens (including phenoxy) is 1. The van der Waals surface area contributed by atoms with Gasteiger partial charge in [0.25, 0.3) is 0 Å². The van der Waals surface area contributed by atoms with Gasteiger partial charge in [-0.05, 0) is 17.7 Å². The molecular formula is C18H19NO8S. The minimum absolute atomic E-state index is 0.0801. The Morgan fingerprint density at radius 3 is 2.36 bits per heavy atom. The molecule has 0 aromatic heterocycles. The second-order valence-corrected chi connectivity index (χ2v) is 6.95. The van der Waals surface area contributed by atoms with Crippen molar-refractivity contribution in [2.75, 3.05) is 5.75 Å². The molecule has 0 fully saturated rings. The molecule has 150 valence electrons. The number of hydrogen-bond donors (Lipinski definition) is 8. The Bertz CT molecular complexity index is 936. The molecular weight excluding hydrogens is 390 g/mol. The normalized spacial score (nSPS) is 23.3. The summed E-state index contributed by atoms with van der Waals surface area (Å²) in [5.74, 6) is -4.99. The molecule has 28 heavy (non-hydrogen) atoms. The lowest BCUT2D eigenvalue weighted by atomic mass is 9.72. The van der Waals surface area contributed by atoms with Crippen molar-refractivity contribution in [1.82, 2.24) is 0 Å². The lowest BCUT2D eigenvalue weighted by Crippen LogP contribution is -2.60. The molecule has 3 rings (SSSR count). The number of thiol groups is 1. The Kier molecular flexibility index (Phi) is 4.96. The van der Waals surface area contributed by atoms with Crippen LogP contribution in [0, 0.1) is 0 Å². The number of aliphatic hydroxyl groups is 1. The number of aromatic hydroxyl groups is 4. The van der Waals surface area contributed by atoms with Crippen molar-refractivity contribution in [3.63, 3.8) is 0 Å². The first kappa shape index (κ1) is 19.9. The average Bonchev–Trinajstić information content (AvgIpc) is 2.63. The Labute approximate surface area is 164 Å². The number of fused-ring (bicyclic) bond motifs is 1. The third kappa shape index (κ3) is 3.05. The van der Waals surface area contributed by atoms with Gasteiger partial charge < -0.3 is 41.1 Å². The van der Waals surface area contributed by atoms with Crippen molar-refractivity contribution < 1.29 is 40.2 Å². The zero-order chi connectivity index (χ0) is 20.8. The van der Waals surface area contributed by atoms with Crippen LogP contribution in [0.2, 0.25) is 0 Å². The van der Waals surface area contributed by atoms with Crippen LogP contribution >= 0.6 is 12.6 Å². The minimum atomic E-state index is -2.09. The van der Waals surface area contributed by atoms with Gasteiger partial charge in [0.05, 0.1) is 5.92 Å². The van der Waals surface area contributed by atoms with E-state index in [2.05, 4.69) is 12.6 Å². The molecule has 0 radical (unpaired) electrons. The average molecular weight is 409 g/mol. The number of rotatable bonds is 4. The number of aliphatic carboxylic acids is 1. The second-order valence-electron chi connectivity index (χ2n) is 6.64. The van der Waals surface area contributed by atoms with Crippen LogP contribution in [0.5, 0.6) is 28.7 Å². The van der Waals surface area contributed by atoms with Crippen LogP contribution < -0.4 is 10.5 Å². The van der Waals surface area contributed by atoms with Gasteiger partial charge in [-0.2, -0.15) is 12.6 Å². The van der Waals surface area contributed by atoms with Crippen LogP contribution in [0.4, 0.5) is 0 Å². The highest BCUT2D eigenvalue weighted by molar-refractivity contribution is 7.80. The molecule has 2 aromatic rings. The molecule has 9 nitrogen and oxygen atoms in total. The largest absolute Gasteiger partial charge is 0.508 e. The van der Waals surface area contributed by atoms with Gasteiger partial charge in [0.2, 0.25) is 0 Å². The molecule has 1 heterocycles. The van der Waals surface area contributed by atoms with Crippen LogP contribution in [0.3, 0.4) is 0 Å². The molecule has 4 atom stereocenters. The van der Waals surface area contributed by atoms with Gasteiger partial charge >= 0.3 is 5.97 Å². The summed E-state index contributed by atoms with van der Waals surface area (Å²) in [6.07, 6.45) is -2.78. The quantitative estimate of drug-likeness (QED) is 0.268. The number of nitrogens with two attached hydrogens (primary N) is 1. The Balaban J connectivity index is 2.23. The summed E-state index contributed by atoms with van der Waals surface area (Å²) in [7, 11) is 0. The lowest BCUT2D eigenvalue weighted by molar-refractivity contribution is -0.146. The molecule has 0 aliphatic carbocycles. The summed E-state index contributed by atoms with van der Waals surface area (Å²) in [4.78, 5) is 11.9.